The summed E-state index contributed by atoms with van der Waals surface area (Å²) >= 11 is 11.7. The van der Waals surface area contributed by atoms with Gasteiger partial charge in [0.2, 0.25) is 0 Å². The van der Waals surface area contributed by atoms with Crippen LogP contribution < -0.4 is 0 Å². The average molecular weight is 284 g/mol. The second kappa shape index (κ2) is 7.69. The molecular weight excluding hydrogens is 273 g/mol. The first-order valence-electron chi connectivity index (χ1n) is 5.00. The van der Waals surface area contributed by atoms with Crippen LogP contribution in [0.15, 0.2) is 42.7 Å². The highest BCUT2D eigenvalue weighted by atomic mass is 35.5. The van der Waals surface area contributed by atoms with Gasteiger partial charge >= 0.3 is 0 Å². The van der Waals surface area contributed by atoms with Crippen molar-refractivity contribution < 1.29 is 9.53 Å². The summed E-state index contributed by atoms with van der Waals surface area (Å²) in [7, 11) is 1.31. The molecule has 1 aromatic carbocycles. The molecule has 0 bridgehead atoms. The zero-order valence-corrected chi connectivity index (χ0v) is 11.2. The van der Waals surface area contributed by atoms with E-state index in [-0.39, 0.29) is 0 Å². The molecular formula is C13H11Cl2NO2. The number of hydrogen-bond donors (Lipinski definition) is 0. The average Bonchev–Trinajstić information content (AvgIpc) is 2.39. The molecule has 0 saturated heterocycles. The SMILES string of the molecule is COC=O.Clc1cccc(-c2cncc(Cl)c2)c1. The minimum atomic E-state index is 0.375. The largest absolute Gasteiger partial charge is 0.471 e. The van der Waals surface area contributed by atoms with E-state index >= 15 is 0 Å². The number of benzene rings is 1. The summed E-state index contributed by atoms with van der Waals surface area (Å²) in [6, 6.07) is 9.45. The van der Waals surface area contributed by atoms with E-state index < -0.39 is 0 Å². The third-order valence-electron chi connectivity index (χ3n) is 1.96. The molecule has 0 aliphatic rings. The molecule has 3 nitrogen and oxygen atoms in total. The van der Waals surface area contributed by atoms with Crippen LogP contribution in [0, 0.1) is 0 Å². The number of carbonyl (C=O) groups excluding carboxylic acids is 1. The number of aromatic nitrogens is 1. The van der Waals surface area contributed by atoms with Gasteiger partial charge in [-0.3, -0.25) is 9.78 Å². The summed E-state index contributed by atoms with van der Waals surface area (Å²) in [5.74, 6) is 0. The number of ether oxygens (including phenoxy) is 1. The summed E-state index contributed by atoms with van der Waals surface area (Å²) in [4.78, 5) is 13.0. The number of rotatable bonds is 2. The van der Waals surface area contributed by atoms with Crippen molar-refractivity contribution in [3.63, 3.8) is 0 Å². The van der Waals surface area contributed by atoms with Crippen molar-refractivity contribution in [2.45, 2.75) is 0 Å². The number of hydrogen-bond acceptors (Lipinski definition) is 3. The lowest BCUT2D eigenvalue weighted by Gasteiger charge is -2.01. The minimum Gasteiger partial charge on any atom is -0.471 e. The van der Waals surface area contributed by atoms with Crippen LogP contribution in [0.4, 0.5) is 0 Å². The third-order valence-corrected chi connectivity index (χ3v) is 2.40. The van der Waals surface area contributed by atoms with Gasteiger partial charge in [0.1, 0.15) is 0 Å². The molecule has 0 aliphatic heterocycles. The van der Waals surface area contributed by atoms with Crippen LogP contribution in [0.2, 0.25) is 10.0 Å². The first-order valence-corrected chi connectivity index (χ1v) is 5.76. The molecule has 1 heterocycles. The zero-order chi connectivity index (χ0) is 13.4. The monoisotopic (exact) mass is 283 g/mol. The molecule has 18 heavy (non-hydrogen) atoms. The Bertz CT molecular complexity index is 474. The summed E-state index contributed by atoms with van der Waals surface area (Å²) in [5, 5.41) is 1.34. The van der Waals surface area contributed by atoms with Gasteiger partial charge in [0.25, 0.3) is 6.47 Å². The predicted molar refractivity (Wildman–Crippen MR) is 72.8 cm³/mol. The zero-order valence-electron chi connectivity index (χ0n) is 9.64. The van der Waals surface area contributed by atoms with E-state index in [0.717, 1.165) is 11.1 Å². The van der Waals surface area contributed by atoms with Crippen LogP contribution in [0.3, 0.4) is 0 Å². The Labute approximate surface area is 115 Å². The van der Waals surface area contributed by atoms with Crippen LogP contribution in [0.5, 0.6) is 0 Å². The Kier molecular flexibility index (Phi) is 6.19. The summed E-state index contributed by atoms with van der Waals surface area (Å²) < 4.78 is 3.86. The Hall–Kier alpha value is -1.58. The van der Waals surface area contributed by atoms with E-state index in [4.69, 9.17) is 28.0 Å². The van der Waals surface area contributed by atoms with Crippen molar-refractivity contribution in [1.82, 2.24) is 4.98 Å². The van der Waals surface area contributed by atoms with Crippen molar-refractivity contribution in [2.75, 3.05) is 7.11 Å². The van der Waals surface area contributed by atoms with E-state index in [1.807, 2.05) is 30.3 Å². The predicted octanol–water partition coefficient (Wildman–Crippen LogP) is 3.84. The van der Waals surface area contributed by atoms with Gasteiger partial charge in [0.15, 0.2) is 0 Å². The van der Waals surface area contributed by atoms with E-state index in [0.29, 0.717) is 16.5 Å². The fourth-order valence-electron chi connectivity index (χ4n) is 1.24. The molecule has 0 aliphatic carbocycles. The van der Waals surface area contributed by atoms with Crippen LogP contribution in [0.25, 0.3) is 11.1 Å². The molecule has 94 valence electrons. The van der Waals surface area contributed by atoms with Crippen molar-refractivity contribution in [1.29, 1.82) is 0 Å². The lowest BCUT2D eigenvalue weighted by Crippen LogP contribution is -1.79. The minimum absolute atomic E-state index is 0.375. The molecule has 2 rings (SSSR count). The molecule has 1 aromatic heterocycles. The van der Waals surface area contributed by atoms with Crippen molar-refractivity contribution in [2.24, 2.45) is 0 Å². The smallest absolute Gasteiger partial charge is 0.292 e. The maximum atomic E-state index is 8.95. The molecule has 0 amide bonds. The molecule has 2 aromatic rings. The van der Waals surface area contributed by atoms with Crippen LogP contribution in [0.1, 0.15) is 0 Å². The van der Waals surface area contributed by atoms with E-state index in [1.165, 1.54) is 7.11 Å². The van der Waals surface area contributed by atoms with Crippen molar-refractivity contribution >= 4 is 29.7 Å². The second-order valence-electron chi connectivity index (χ2n) is 3.23. The van der Waals surface area contributed by atoms with Crippen LogP contribution in [-0.4, -0.2) is 18.6 Å². The summed E-state index contributed by atoms with van der Waals surface area (Å²) in [6.07, 6.45) is 3.37. The first kappa shape index (κ1) is 14.5. The number of halogens is 2. The quantitative estimate of drug-likeness (QED) is 0.786. The molecule has 5 heteroatoms. The summed E-state index contributed by atoms with van der Waals surface area (Å²) in [6.45, 7) is 0.375. The normalized spacial score (nSPS) is 9.06. The lowest BCUT2D eigenvalue weighted by molar-refractivity contribution is -0.126. The highest BCUT2D eigenvalue weighted by Gasteiger charge is 1.99. The molecule has 0 unspecified atom stereocenters. The maximum absolute atomic E-state index is 8.95. The van der Waals surface area contributed by atoms with Gasteiger partial charge in [-0.2, -0.15) is 0 Å². The molecule has 0 N–H and O–H groups in total. The van der Waals surface area contributed by atoms with Crippen molar-refractivity contribution in [3.8, 4) is 11.1 Å². The highest BCUT2D eigenvalue weighted by Crippen LogP contribution is 2.23. The molecule has 0 radical (unpaired) electrons. The van der Waals surface area contributed by atoms with Gasteiger partial charge in [0, 0.05) is 23.0 Å². The number of pyridine rings is 1. The van der Waals surface area contributed by atoms with E-state index in [1.54, 1.807) is 12.4 Å². The molecule has 0 spiro atoms. The second-order valence-corrected chi connectivity index (χ2v) is 4.11. The van der Waals surface area contributed by atoms with Gasteiger partial charge in [0.05, 0.1) is 12.1 Å². The lowest BCUT2D eigenvalue weighted by atomic mass is 10.1. The first-order chi connectivity index (χ1) is 8.67. The van der Waals surface area contributed by atoms with Gasteiger partial charge in [-0.05, 0) is 23.8 Å². The van der Waals surface area contributed by atoms with Gasteiger partial charge in [-0.25, -0.2) is 0 Å². The number of carbonyl (C=O) groups is 1. The van der Waals surface area contributed by atoms with E-state index in [2.05, 4.69) is 9.72 Å². The molecule has 0 fully saturated rings. The van der Waals surface area contributed by atoms with Crippen LogP contribution >= 0.6 is 23.2 Å². The Morgan fingerprint density at radius 2 is 1.78 bits per heavy atom. The summed E-state index contributed by atoms with van der Waals surface area (Å²) in [5.41, 5.74) is 1.99. The highest BCUT2D eigenvalue weighted by molar-refractivity contribution is 6.31. The molecule has 0 saturated carbocycles. The fourth-order valence-corrected chi connectivity index (χ4v) is 1.60. The van der Waals surface area contributed by atoms with Crippen LogP contribution in [-0.2, 0) is 9.53 Å². The molecule has 0 atom stereocenters. The third kappa shape index (κ3) is 4.73. The standard InChI is InChI=1S/C11H7Cl2N.C2H4O2/c12-10-3-1-2-8(4-10)9-5-11(13)7-14-6-9;1-4-2-3/h1-7H;2H,1H3. The Morgan fingerprint density at radius 3 is 2.33 bits per heavy atom. The van der Waals surface area contributed by atoms with Crippen molar-refractivity contribution in [3.05, 3.63) is 52.8 Å². The van der Waals surface area contributed by atoms with E-state index in [9.17, 15) is 0 Å². The van der Waals surface area contributed by atoms with Gasteiger partial charge in [-0.1, -0.05) is 35.3 Å². The fraction of sp³-hybridized carbons (Fsp3) is 0.0769. The topological polar surface area (TPSA) is 39.2 Å². The number of methoxy groups -OCH3 is 1. The maximum Gasteiger partial charge on any atom is 0.292 e. The number of nitrogens with zero attached hydrogens (tertiary/aromatic N) is 1. The Balaban J connectivity index is 0.000000357. The van der Waals surface area contributed by atoms with Gasteiger partial charge < -0.3 is 4.74 Å². The van der Waals surface area contributed by atoms with Gasteiger partial charge in [-0.15, -0.1) is 0 Å². The Morgan fingerprint density at radius 1 is 1.11 bits per heavy atom.